The molecule has 0 aromatic heterocycles. The van der Waals surface area contributed by atoms with Crippen molar-refractivity contribution < 1.29 is 14.3 Å². The minimum Gasteiger partial charge on any atom is -0.478 e. The molecule has 2 aromatic carbocycles. The molecule has 0 aliphatic heterocycles. The van der Waals surface area contributed by atoms with Crippen molar-refractivity contribution in [3.8, 4) is 11.1 Å². The predicted octanol–water partition coefficient (Wildman–Crippen LogP) is 4.30. The number of rotatable bonds is 4. The largest absolute Gasteiger partial charge is 0.478 e. The van der Waals surface area contributed by atoms with E-state index >= 15 is 0 Å². The number of benzene rings is 2. The van der Waals surface area contributed by atoms with E-state index < -0.39 is 11.8 Å². The molecule has 0 atom stereocenters. The number of halogens is 1. The molecule has 2 rings (SSSR count). The molecule has 98 valence electrons. The average molecular weight is 276 g/mol. The highest BCUT2D eigenvalue weighted by Gasteiger charge is 2.09. The summed E-state index contributed by atoms with van der Waals surface area (Å²) in [4.78, 5) is 11.9. The van der Waals surface area contributed by atoms with Crippen LogP contribution in [0.2, 0.25) is 0 Å². The zero-order valence-corrected chi connectivity index (χ0v) is 11.2. The van der Waals surface area contributed by atoms with E-state index in [2.05, 4.69) is 6.92 Å². The van der Waals surface area contributed by atoms with Crippen molar-refractivity contribution in [3.63, 3.8) is 0 Å². The minimum absolute atomic E-state index is 0.0422. The Labute approximate surface area is 115 Å². The molecular weight excluding hydrogens is 263 g/mol. The molecule has 0 fully saturated rings. The monoisotopic (exact) mass is 276 g/mol. The first-order valence-corrected chi connectivity index (χ1v) is 6.86. The van der Waals surface area contributed by atoms with Crippen LogP contribution in [0, 0.1) is 5.82 Å². The van der Waals surface area contributed by atoms with Crippen LogP contribution in [0.1, 0.15) is 17.3 Å². The third-order valence-electron chi connectivity index (χ3n) is 2.69. The molecular formula is C15H13FO2S. The number of carboxylic acids is 1. The first kappa shape index (κ1) is 13.6. The lowest BCUT2D eigenvalue weighted by molar-refractivity contribution is 0.0696. The molecule has 0 aliphatic carbocycles. The lowest BCUT2D eigenvalue weighted by Crippen LogP contribution is -1.97. The van der Waals surface area contributed by atoms with Crippen LogP contribution in [0.15, 0.2) is 47.4 Å². The minimum atomic E-state index is -1.12. The summed E-state index contributed by atoms with van der Waals surface area (Å²) in [5.74, 6) is -0.656. The Morgan fingerprint density at radius 3 is 2.42 bits per heavy atom. The quantitative estimate of drug-likeness (QED) is 0.846. The number of hydrogen-bond donors (Lipinski definition) is 1. The molecule has 0 radical (unpaired) electrons. The first-order valence-electron chi connectivity index (χ1n) is 5.88. The second-order valence-corrected chi connectivity index (χ2v) is 5.29. The van der Waals surface area contributed by atoms with E-state index in [1.165, 1.54) is 12.1 Å². The van der Waals surface area contributed by atoms with Crippen LogP contribution in [-0.4, -0.2) is 16.8 Å². The molecule has 0 unspecified atom stereocenters. The molecule has 0 heterocycles. The molecule has 0 saturated carbocycles. The molecule has 0 bridgehead atoms. The smallest absolute Gasteiger partial charge is 0.335 e. The predicted molar refractivity (Wildman–Crippen MR) is 75.2 cm³/mol. The molecule has 0 aliphatic rings. The molecule has 1 N–H and O–H groups in total. The van der Waals surface area contributed by atoms with Crippen LogP contribution in [0.5, 0.6) is 0 Å². The summed E-state index contributed by atoms with van der Waals surface area (Å²) in [7, 11) is 0. The van der Waals surface area contributed by atoms with Gasteiger partial charge in [-0.05, 0) is 35.6 Å². The molecule has 2 aromatic rings. The van der Waals surface area contributed by atoms with Gasteiger partial charge in [-0.1, -0.05) is 25.1 Å². The maximum Gasteiger partial charge on any atom is 0.335 e. The van der Waals surface area contributed by atoms with E-state index in [0.29, 0.717) is 5.56 Å². The van der Waals surface area contributed by atoms with Gasteiger partial charge in [-0.3, -0.25) is 0 Å². The third kappa shape index (κ3) is 3.15. The van der Waals surface area contributed by atoms with Gasteiger partial charge in [0, 0.05) is 10.5 Å². The number of thioether (sulfide) groups is 1. The topological polar surface area (TPSA) is 37.3 Å². The average Bonchev–Trinajstić information content (AvgIpc) is 2.40. The van der Waals surface area contributed by atoms with Crippen LogP contribution in [-0.2, 0) is 0 Å². The third-order valence-corrected chi connectivity index (χ3v) is 3.59. The van der Waals surface area contributed by atoms with Crippen molar-refractivity contribution in [2.75, 3.05) is 5.75 Å². The second kappa shape index (κ2) is 5.89. The normalized spacial score (nSPS) is 10.4. The summed E-state index contributed by atoms with van der Waals surface area (Å²) >= 11 is 1.72. The van der Waals surface area contributed by atoms with E-state index in [0.717, 1.165) is 22.3 Å². The van der Waals surface area contributed by atoms with Crippen LogP contribution >= 0.6 is 11.8 Å². The lowest BCUT2D eigenvalue weighted by Gasteiger charge is -2.06. The second-order valence-electron chi connectivity index (χ2n) is 3.96. The van der Waals surface area contributed by atoms with E-state index in [1.807, 2.05) is 24.3 Å². The van der Waals surface area contributed by atoms with E-state index in [1.54, 1.807) is 11.8 Å². The fourth-order valence-electron chi connectivity index (χ4n) is 1.78. The van der Waals surface area contributed by atoms with Gasteiger partial charge in [0.15, 0.2) is 0 Å². The summed E-state index contributed by atoms with van der Waals surface area (Å²) in [5.41, 5.74) is 1.12. The fourth-order valence-corrected chi connectivity index (χ4v) is 2.44. The zero-order valence-electron chi connectivity index (χ0n) is 10.4. The fraction of sp³-hybridized carbons (Fsp3) is 0.133. The van der Waals surface area contributed by atoms with E-state index in [4.69, 9.17) is 5.11 Å². The molecule has 2 nitrogen and oxygen atoms in total. The standard InChI is InChI=1S/C15H13FO2S/c1-2-19-12-6-3-10(4-7-12)13-8-5-11(15(17)18)9-14(13)16/h3-9H,2H2,1H3,(H,17,18). The van der Waals surface area contributed by atoms with Crippen molar-refractivity contribution in [3.05, 3.63) is 53.8 Å². The van der Waals surface area contributed by atoms with Crippen molar-refractivity contribution in [1.29, 1.82) is 0 Å². The molecule has 4 heteroatoms. The summed E-state index contributed by atoms with van der Waals surface area (Å²) < 4.78 is 13.9. The van der Waals surface area contributed by atoms with Gasteiger partial charge in [0.2, 0.25) is 0 Å². The van der Waals surface area contributed by atoms with E-state index in [-0.39, 0.29) is 5.56 Å². The maximum atomic E-state index is 13.9. The Morgan fingerprint density at radius 1 is 1.21 bits per heavy atom. The molecule has 19 heavy (non-hydrogen) atoms. The van der Waals surface area contributed by atoms with Gasteiger partial charge in [0.25, 0.3) is 0 Å². The lowest BCUT2D eigenvalue weighted by atomic mass is 10.0. The maximum absolute atomic E-state index is 13.9. The molecule has 0 amide bonds. The summed E-state index contributed by atoms with van der Waals surface area (Å²) in [6.07, 6.45) is 0. The van der Waals surface area contributed by atoms with Gasteiger partial charge < -0.3 is 5.11 Å². The van der Waals surface area contributed by atoms with Gasteiger partial charge in [0.1, 0.15) is 5.82 Å². The Balaban J connectivity index is 2.33. The SMILES string of the molecule is CCSc1ccc(-c2ccc(C(=O)O)cc2F)cc1. The highest BCUT2D eigenvalue weighted by Crippen LogP contribution is 2.26. The zero-order chi connectivity index (χ0) is 13.8. The van der Waals surface area contributed by atoms with Crippen LogP contribution < -0.4 is 0 Å². The molecule has 0 spiro atoms. The Hall–Kier alpha value is -1.81. The number of carbonyl (C=O) groups is 1. The van der Waals surface area contributed by atoms with Gasteiger partial charge in [-0.25, -0.2) is 9.18 Å². The van der Waals surface area contributed by atoms with Crippen molar-refractivity contribution >= 4 is 17.7 Å². The number of carboxylic acid groups (broad SMARTS) is 1. The highest BCUT2D eigenvalue weighted by atomic mass is 32.2. The van der Waals surface area contributed by atoms with Gasteiger partial charge in [0.05, 0.1) is 5.56 Å². The highest BCUT2D eigenvalue weighted by molar-refractivity contribution is 7.99. The first-order chi connectivity index (χ1) is 9.11. The van der Waals surface area contributed by atoms with E-state index in [9.17, 15) is 9.18 Å². The van der Waals surface area contributed by atoms with Crippen molar-refractivity contribution in [2.45, 2.75) is 11.8 Å². The summed E-state index contributed by atoms with van der Waals surface area (Å²) in [6.45, 7) is 2.07. The molecule has 0 saturated heterocycles. The van der Waals surface area contributed by atoms with Crippen LogP contribution in [0.4, 0.5) is 4.39 Å². The Morgan fingerprint density at radius 2 is 1.89 bits per heavy atom. The van der Waals surface area contributed by atoms with Crippen LogP contribution in [0.25, 0.3) is 11.1 Å². The van der Waals surface area contributed by atoms with Crippen molar-refractivity contribution in [2.24, 2.45) is 0 Å². The Bertz CT molecular complexity index is 594. The summed E-state index contributed by atoms with van der Waals surface area (Å²) in [5, 5.41) is 8.80. The van der Waals surface area contributed by atoms with Gasteiger partial charge in [-0.15, -0.1) is 11.8 Å². The number of hydrogen-bond acceptors (Lipinski definition) is 2. The summed E-state index contributed by atoms with van der Waals surface area (Å²) in [6, 6.07) is 11.5. The van der Waals surface area contributed by atoms with Crippen molar-refractivity contribution in [1.82, 2.24) is 0 Å². The Kier molecular flexibility index (Phi) is 4.22. The van der Waals surface area contributed by atoms with Gasteiger partial charge in [-0.2, -0.15) is 0 Å². The van der Waals surface area contributed by atoms with Gasteiger partial charge >= 0.3 is 5.97 Å². The van der Waals surface area contributed by atoms with Crippen LogP contribution in [0.3, 0.4) is 0 Å². The number of aromatic carboxylic acids is 1.